The summed E-state index contributed by atoms with van der Waals surface area (Å²) in [4.78, 5) is 0.814. The summed E-state index contributed by atoms with van der Waals surface area (Å²) in [5, 5.41) is 8.81. The van der Waals surface area contributed by atoms with Crippen LogP contribution in [-0.2, 0) is 33.5 Å². The maximum Gasteiger partial charge on any atom is 0.247 e. The Kier molecular flexibility index (Phi) is 4.49. The molecule has 0 fully saturated rings. The summed E-state index contributed by atoms with van der Waals surface area (Å²) in [6.07, 6.45) is 3.03. The summed E-state index contributed by atoms with van der Waals surface area (Å²) < 4.78 is 50.0. The molecule has 0 atom stereocenters. The first-order valence-corrected chi connectivity index (χ1v) is 9.63. The lowest BCUT2D eigenvalue weighted by molar-refractivity contribution is 0.581. The Labute approximate surface area is 126 Å². The quantitative estimate of drug-likeness (QED) is 0.737. The summed E-state index contributed by atoms with van der Waals surface area (Å²) in [6, 6.07) is 3.02. The molecule has 0 aliphatic carbocycles. The van der Waals surface area contributed by atoms with Gasteiger partial charge >= 0.3 is 0 Å². The first kappa shape index (κ1) is 16.1. The predicted molar refractivity (Wildman–Crippen MR) is 77.8 cm³/mol. The molecular weight excluding hydrogens is 336 g/mol. The molecule has 0 aliphatic heterocycles. The summed E-state index contributed by atoms with van der Waals surface area (Å²) >= 11 is 1.03. The van der Waals surface area contributed by atoms with Crippen LogP contribution in [0.1, 0.15) is 4.88 Å². The fourth-order valence-electron chi connectivity index (χ4n) is 1.57. The van der Waals surface area contributed by atoms with Gasteiger partial charge in [-0.1, -0.05) is 0 Å². The van der Waals surface area contributed by atoms with Crippen LogP contribution >= 0.6 is 11.3 Å². The van der Waals surface area contributed by atoms with E-state index in [1.807, 2.05) is 0 Å². The first-order chi connectivity index (χ1) is 9.68. The number of nitrogens with zero attached hydrogens (tertiary/aromatic N) is 2. The normalized spacial score (nSPS) is 12.7. The predicted octanol–water partition coefficient (Wildman–Crippen LogP) is -0.350. The minimum absolute atomic E-state index is 0.0626. The number of primary sulfonamides is 1. The lowest BCUT2D eigenvalue weighted by atomic mass is 10.3. The summed E-state index contributed by atoms with van der Waals surface area (Å²) in [6.45, 7) is 0.155. The van der Waals surface area contributed by atoms with E-state index in [0.29, 0.717) is 6.42 Å². The van der Waals surface area contributed by atoms with Crippen LogP contribution in [0.15, 0.2) is 33.6 Å². The number of nitrogens with two attached hydrogens (primary N) is 1. The van der Waals surface area contributed by atoms with Crippen LogP contribution in [0.4, 0.5) is 0 Å². The minimum atomic E-state index is -3.71. The highest BCUT2D eigenvalue weighted by atomic mass is 32.2. The van der Waals surface area contributed by atoms with Gasteiger partial charge < -0.3 is 0 Å². The zero-order valence-corrected chi connectivity index (χ0v) is 13.5. The highest BCUT2D eigenvalue weighted by molar-refractivity contribution is 7.91. The van der Waals surface area contributed by atoms with Gasteiger partial charge in [0.15, 0.2) is 0 Å². The van der Waals surface area contributed by atoms with Crippen molar-refractivity contribution in [2.45, 2.75) is 15.5 Å². The van der Waals surface area contributed by atoms with E-state index in [1.165, 1.54) is 23.1 Å². The number of nitrogens with one attached hydrogen (secondary N) is 1. The Balaban J connectivity index is 1.97. The van der Waals surface area contributed by atoms with Gasteiger partial charge in [-0.25, -0.2) is 26.7 Å². The maximum absolute atomic E-state index is 11.9. The van der Waals surface area contributed by atoms with Gasteiger partial charge in [0.05, 0.1) is 6.20 Å². The summed E-state index contributed by atoms with van der Waals surface area (Å²) in [5.41, 5.74) is 0. The lowest BCUT2D eigenvalue weighted by Crippen LogP contribution is -2.25. The molecule has 21 heavy (non-hydrogen) atoms. The van der Waals surface area contributed by atoms with E-state index in [0.717, 1.165) is 16.2 Å². The van der Waals surface area contributed by atoms with Crippen LogP contribution in [0.3, 0.4) is 0 Å². The number of rotatable bonds is 6. The van der Waals surface area contributed by atoms with Gasteiger partial charge in [-0.15, -0.1) is 11.3 Å². The third-order valence-electron chi connectivity index (χ3n) is 2.57. The highest BCUT2D eigenvalue weighted by Gasteiger charge is 2.16. The maximum atomic E-state index is 11.9. The van der Waals surface area contributed by atoms with Gasteiger partial charge in [-0.2, -0.15) is 5.10 Å². The second kappa shape index (κ2) is 5.85. The second-order valence-corrected chi connectivity index (χ2v) is 8.99. The molecule has 2 rings (SSSR count). The minimum Gasteiger partial charge on any atom is -0.274 e. The van der Waals surface area contributed by atoms with Gasteiger partial charge in [-0.3, -0.25) is 4.68 Å². The van der Waals surface area contributed by atoms with Crippen molar-refractivity contribution in [2.24, 2.45) is 12.2 Å². The van der Waals surface area contributed by atoms with Crippen molar-refractivity contribution in [3.8, 4) is 0 Å². The fraction of sp³-hybridized carbons (Fsp3) is 0.300. The number of aryl methyl sites for hydroxylation is 1. The molecule has 0 aliphatic rings. The fourth-order valence-corrected chi connectivity index (χ4v) is 4.37. The molecular formula is C10H14N4O4S3. The van der Waals surface area contributed by atoms with Crippen molar-refractivity contribution in [1.29, 1.82) is 0 Å². The van der Waals surface area contributed by atoms with Crippen LogP contribution in [0.25, 0.3) is 0 Å². The van der Waals surface area contributed by atoms with Gasteiger partial charge in [0, 0.05) is 24.7 Å². The van der Waals surface area contributed by atoms with Crippen molar-refractivity contribution >= 4 is 31.4 Å². The average Bonchev–Trinajstić information content (AvgIpc) is 2.97. The van der Waals surface area contributed by atoms with Gasteiger partial charge in [0.25, 0.3) is 0 Å². The van der Waals surface area contributed by atoms with E-state index in [2.05, 4.69) is 9.82 Å². The molecule has 0 saturated carbocycles. The Morgan fingerprint density at radius 2 is 2.05 bits per heavy atom. The molecule has 2 aromatic heterocycles. The van der Waals surface area contributed by atoms with E-state index in [1.54, 1.807) is 13.1 Å². The SMILES string of the molecule is Cn1cc(S(=O)(=O)NCCc2ccc(S(N)(=O)=O)s2)cn1. The first-order valence-electron chi connectivity index (χ1n) is 5.78. The molecule has 0 amide bonds. The van der Waals surface area contributed by atoms with E-state index in [9.17, 15) is 16.8 Å². The number of aromatic nitrogens is 2. The molecule has 0 spiro atoms. The number of hydrogen-bond donors (Lipinski definition) is 2. The number of sulfonamides is 2. The molecule has 8 nitrogen and oxygen atoms in total. The van der Waals surface area contributed by atoms with E-state index in [4.69, 9.17) is 5.14 Å². The van der Waals surface area contributed by atoms with Crippen LogP contribution < -0.4 is 9.86 Å². The van der Waals surface area contributed by atoms with Crippen molar-refractivity contribution in [3.05, 3.63) is 29.4 Å². The van der Waals surface area contributed by atoms with E-state index < -0.39 is 20.0 Å². The number of hydrogen-bond acceptors (Lipinski definition) is 6. The average molecular weight is 350 g/mol. The Morgan fingerprint density at radius 3 is 2.57 bits per heavy atom. The topological polar surface area (TPSA) is 124 Å². The van der Waals surface area contributed by atoms with Crippen molar-refractivity contribution in [2.75, 3.05) is 6.54 Å². The van der Waals surface area contributed by atoms with Gasteiger partial charge in [-0.05, 0) is 18.6 Å². The highest BCUT2D eigenvalue weighted by Crippen LogP contribution is 2.20. The van der Waals surface area contributed by atoms with Gasteiger partial charge in [0.2, 0.25) is 20.0 Å². The molecule has 0 aromatic carbocycles. The molecule has 116 valence electrons. The van der Waals surface area contributed by atoms with Crippen molar-refractivity contribution in [3.63, 3.8) is 0 Å². The van der Waals surface area contributed by atoms with Crippen molar-refractivity contribution < 1.29 is 16.8 Å². The third kappa shape index (κ3) is 4.11. The smallest absolute Gasteiger partial charge is 0.247 e. The summed E-state index contributed by atoms with van der Waals surface area (Å²) in [7, 11) is -5.69. The standard InChI is InChI=1S/C10H14N4O4S3/c1-14-7-9(6-12-14)21(17,18)13-5-4-8-2-3-10(19-8)20(11,15)16/h2-3,6-7,13H,4-5H2,1H3,(H2,11,15,16). The molecule has 0 unspecified atom stereocenters. The van der Waals surface area contributed by atoms with Crippen LogP contribution in [-0.4, -0.2) is 33.2 Å². The van der Waals surface area contributed by atoms with Gasteiger partial charge in [0.1, 0.15) is 9.10 Å². The summed E-state index contributed by atoms with van der Waals surface area (Å²) in [5.74, 6) is 0. The molecule has 2 heterocycles. The number of thiophene rings is 1. The van der Waals surface area contributed by atoms with Crippen LogP contribution in [0.5, 0.6) is 0 Å². The molecule has 0 radical (unpaired) electrons. The lowest BCUT2D eigenvalue weighted by Gasteiger charge is -2.03. The molecule has 0 bridgehead atoms. The Morgan fingerprint density at radius 1 is 1.33 bits per heavy atom. The zero-order chi connectivity index (χ0) is 15.7. The molecule has 3 N–H and O–H groups in total. The van der Waals surface area contributed by atoms with E-state index in [-0.39, 0.29) is 15.6 Å². The monoisotopic (exact) mass is 350 g/mol. The Hall–Kier alpha value is -1.27. The van der Waals surface area contributed by atoms with E-state index >= 15 is 0 Å². The second-order valence-electron chi connectivity index (χ2n) is 4.26. The molecule has 0 saturated heterocycles. The van der Waals surface area contributed by atoms with Crippen molar-refractivity contribution in [1.82, 2.24) is 14.5 Å². The van der Waals surface area contributed by atoms with Crippen LogP contribution in [0, 0.1) is 0 Å². The molecule has 11 heteroatoms. The largest absolute Gasteiger partial charge is 0.274 e. The zero-order valence-electron chi connectivity index (χ0n) is 11.1. The Bertz CT molecular complexity index is 835. The molecule has 2 aromatic rings. The van der Waals surface area contributed by atoms with Crippen LogP contribution in [0.2, 0.25) is 0 Å². The third-order valence-corrected chi connectivity index (χ3v) is 6.57.